The molecule has 0 amide bonds. The van der Waals surface area contributed by atoms with Crippen molar-refractivity contribution in [2.45, 2.75) is 39.5 Å². The molecule has 1 nitrogen and oxygen atoms in total. The molecule has 16 heavy (non-hydrogen) atoms. The van der Waals surface area contributed by atoms with Crippen LogP contribution in [0.3, 0.4) is 0 Å². The maximum absolute atomic E-state index is 5.91. The van der Waals surface area contributed by atoms with E-state index in [-0.39, 0.29) is 5.41 Å². The summed E-state index contributed by atoms with van der Waals surface area (Å²) in [5, 5.41) is 0. The summed E-state index contributed by atoms with van der Waals surface area (Å²) >= 11 is 0. The quantitative estimate of drug-likeness (QED) is 0.704. The van der Waals surface area contributed by atoms with Crippen LogP contribution in [-0.2, 0) is 5.41 Å². The van der Waals surface area contributed by atoms with Gasteiger partial charge in [-0.15, -0.1) is 0 Å². The molecule has 0 saturated heterocycles. The summed E-state index contributed by atoms with van der Waals surface area (Å²) in [5.74, 6) is 0.566. The van der Waals surface area contributed by atoms with E-state index in [0.29, 0.717) is 5.92 Å². The highest BCUT2D eigenvalue weighted by atomic mass is 14.5. The smallest absolute Gasteiger partial charge is 0.0320 e. The molecular formula is C15H21N. The Morgan fingerprint density at radius 3 is 2.56 bits per heavy atom. The molecule has 0 saturated carbocycles. The third-order valence-electron chi connectivity index (χ3n) is 3.54. The number of fused-ring (bicyclic) bond motifs is 1. The fourth-order valence-corrected chi connectivity index (χ4v) is 2.52. The van der Waals surface area contributed by atoms with Gasteiger partial charge in [0, 0.05) is 5.69 Å². The SMILES string of the molecule is CC(C)C1=CCC(C)(C)c2ccc(N)cc21. The molecule has 0 aromatic heterocycles. The van der Waals surface area contributed by atoms with Crippen molar-refractivity contribution in [3.63, 3.8) is 0 Å². The zero-order valence-electron chi connectivity index (χ0n) is 10.7. The Morgan fingerprint density at radius 1 is 1.25 bits per heavy atom. The molecule has 2 N–H and O–H groups in total. The van der Waals surface area contributed by atoms with E-state index in [0.717, 1.165) is 12.1 Å². The fraction of sp³-hybridized carbons (Fsp3) is 0.467. The number of hydrogen-bond donors (Lipinski definition) is 1. The van der Waals surface area contributed by atoms with Gasteiger partial charge in [0.2, 0.25) is 0 Å². The summed E-state index contributed by atoms with van der Waals surface area (Å²) in [5.41, 5.74) is 11.2. The molecule has 0 radical (unpaired) electrons. The van der Waals surface area contributed by atoms with Gasteiger partial charge in [0.25, 0.3) is 0 Å². The highest BCUT2D eigenvalue weighted by molar-refractivity contribution is 5.75. The summed E-state index contributed by atoms with van der Waals surface area (Å²) < 4.78 is 0. The van der Waals surface area contributed by atoms with Gasteiger partial charge in [0.15, 0.2) is 0 Å². The van der Waals surface area contributed by atoms with Crippen LogP contribution in [0.15, 0.2) is 24.3 Å². The molecule has 1 aromatic carbocycles. The molecule has 0 atom stereocenters. The van der Waals surface area contributed by atoms with Crippen molar-refractivity contribution >= 4 is 11.3 Å². The van der Waals surface area contributed by atoms with Crippen LogP contribution in [0.25, 0.3) is 5.57 Å². The van der Waals surface area contributed by atoms with Crippen molar-refractivity contribution in [2.24, 2.45) is 5.92 Å². The van der Waals surface area contributed by atoms with Gasteiger partial charge in [-0.3, -0.25) is 0 Å². The van der Waals surface area contributed by atoms with Crippen LogP contribution in [0.2, 0.25) is 0 Å². The van der Waals surface area contributed by atoms with Crippen LogP contribution < -0.4 is 5.73 Å². The van der Waals surface area contributed by atoms with Crippen LogP contribution in [-0.4, -0.2) is 0 Å². The van der Waals surface area contributed by atoms with Gasteiger partial charge >= 0.3 is 0 Å². The summed E-state index contributed by atoms with van der Waals surface area (Å²) in [6, 6.07) is 6.34. The number of rotatable bonds is 1. The first-order valence-corrected chi connectivity index (χ1v) is 6.02. The molecule has 0 spiro atoms. The van der Waals surface area contributed by atoms with Crippen LogP contribution in [0.4, 0.5) is 5.69 Å². The zero-order chi connectivity index (χ0) is 11.9. The molecular weight excluding hydrogens is 194 g/mol. The second-order valence-corrected chi connectivity index (χ2v) is 5.71. The first kappa shape index (κ1) is 11.3. The molecule has 2 rings (SSSR count). The number of allylic oxidation sites excluding steroid dienone is 2. The Labute approximate surface area is 98.4 Å². The topological polar surface area (TPSA) is 26.0 Å². The van der Waals surface area contributed by atoms with Crippen molar-refractivity contribution in [2.75, 3.05) is 5.73 Å². The summed E-state index contributed by atoms with van der Waals surface area (Å²) in [6.07, 6.45) is 3.50. The molecule has 1 heteroatoms. The second kappa shape index (κ2) is 3.65. The Hall–Kier alpha value is -1.24. The zero-order valence-corrected chi connectivity index (χ0v) is 10.7. The molecule has 0 unspecified atom stereocenters. The van der Waals surface area contributed by atoms with Crippen LogP contribution >= 0.6 is 0 Å². The molecule has 1 aliphatic rings. The lowest BCUT2D eigenvalue weighted by Gasteiger charge is -2.33. The number of hydrogen-bond acceptors (Lipinski definition) is 1. The van der Waals surface area contributed by atoms with E-state index < -0.39 is 0 Å². The maximum atomic E-state index is 5.91. The van der Waals surface area contributed by atoms with Crippen molar-refractivity contribution in [3.8, 4) is 0 Å². The summed E-state index contributed by atoms with van der Waals surface area (Å²) in [4.78, 5) is 0. The van der Waals surface area contributed by atoms with Gasteiger partial charge in [-0.05, 0) is 46.6 Å². The number of anilines is 1. The van der Waals surface area contributed by atoms with Crippen molar-refractivity contribution in [3.05, 3.63) is 35.4 Å². The third kappa shape index (κ3) is 1.75. The largest absolute Gasteiger partial charge is 0.399 e. The molecule has 0 bridgehead atoms. The number of benzene rings is 1. The second-order valence-electron chi connectivity index (χ2n) is 5.71. The van der Waals surface area contributed by atoms with E-state index in [9.17, 15) is 0 Å². The van der Waals surface area contributed by atoms with E-state index in [4.69, 9.17) is 5.73 Å². The van der Waals surface area contributed by atoms with Crippen LogP contribution in [0.5, 0.6) is 0 Å². The minimum absolute atomic E-state index is 0.238. The van der Waals surface area contributed by atoms with Crippen LogP contribution in [0.1, 0.15) is 45.2 Å². The lowest BCUT2D eigenvalue weighted by Crippen LogP contribution is -2.22. The first-order chi connectivity index (χ1) is 7.42. The Bertz CT molecular complexity index is 439. The lowest BCUT2D eigenvalue weighted by molar-refractivity contribution is 0.523. The molecule has 0 aliphatic heterocycles. The predicted molar refractivity (Wildman–Crippen MR) is 71.3 cm³/mol. The fourth-order valence-electron chi connectivity index (χ4n) is 2.52. The highest BCUT2D eigenvalue weighted by Gasteiger charge is 2.28. The van der Waals surface area contributed by atoms with E-state index >= 15 is 0 Å². The van der Waals surface area contributed by atoms with Gasteiger partial charge in [0.1, 0.15) is 0 Å². The van der Waals surface area contributed by atoms with Gasteiger partial charge < -0.3 is 5.73 Å². The van der Waals surface area contributed by atoms with E-state index in [1.54, 1.807) is 0 Å². The van der Waals surface area contributed by atoms with E-state index in [1.807, 2.05) is 6.07 Å². The summed E-state index contributed by atoms with van der Waals surface area (Å²) in [6.45, 7) is 9.10. The lowest BCUT2D eigenvalue weighted by atomic mass is 9.71. The van der Waals surface area contributed by atoms with Gasteiger partial charge in [-0.25, -0.2) is 0 Å². The minimum atomic E-state index is 0.238. The van der Waals surface area contributed by atoms with E-state index in [1.165, 1.54) is 16.7 Å². The average Bonchev–Trinajstić information content (AvgIpc) is 2.16. The van der Waals surface area contributed by atoms with Gasteiger partial charge in [-0.1, -0.05) is 39.8 Å². The third-order valence-corrected chi connectivity index (χ3v) is 3.54. The number of nitrogen functional groups attached to an aromatic ring is 1. The maximum Gasteiger partial charge on any atom is 0.0320 e. The molecule has 0 heterocycles. The average molecular weight is 215 g/mol. The van der Waals surface area contributed by atoms with Crippen molar-refractivity contribution < 1.29 is 0 Å². The normalized spacial score (nSPS) is 18.2. The first-order valence-electron chi connectivity index (χ1n) is 6.02. The Kier molecular flexibility index (Phi) is 2.57. The Balaban J connectivity index is 2.62. The van der Waals surface area contributed by atoms with Gasteiger partial charge in [-0.2, -0.15) is 0 Å². The van der Waals surface area contributed by atoms with Gasteiger partial charge in [0.05, 0.1) is 0 Å². The number of nitrogens with two attached hydrogens (primary N) is 1. The molecule has 86 valence electrons. The predicted octanol–water partition coefficient (Wildman–Crippen LogP) is 3.99. The molecule has 0 fully saturated rings. The van der Waals surface area contributed by atoms with Crippen molar-refractivity contribution in [1.29, 1.82) is 0 Å². The molecule has 1 aliphatic carbocycles. The minimum Gasteiger partial charge on any atom is -0.399 e. The molecule has 1 aromatic rings. The standard InChI is InChI=1S/C15H21N/c1-10(2)12-7-8-15(3,4)14-6-5-11(16)9-13(12)14/h5-7,9-10H,8,16H2,1-4H3. The summed E-state index contributed by atoms with van der Waals surface area (Å²) in [7, 11) is 0. The van der Waals surface area contributed by atoms with E-state index in [2.05, 4.69) is 45.9 Å². The van der Waals surface area contributed by atoms with Crippen molar-refractivity contribution in [1.82, 2.24) is 0 Å². The monoisotopic (exact) mass is 215 g/mol. The van der Waals surface area contributed by atoms with Crippen LogP contribution in [0, 0.1) is 5.92 Å². The Morgan fingerprint density at radius 2 is 1.94 bits per heavy atom. The highest BCUT2D eigenvalue weighted by Crippen LogP contribution is 2.41.